The first kappa shape index (κ1) is 15.6. The molecule has 1 aliphatic rings. The fraction of sp³-hybridized carbons (Fsp3) is 0.562. The number of likely N-dealkylation sites (tertiary alicyclic amines) is 1. The van der Waals surface area contributed by atoms with Crippen LogP contribution in [0.25, 0.3) is 0 Å². The largest absolute Gasteiger partial charge is 0.444 e. The van der Waals surface area contributed by atoms with E-state index in [1.165, 1.54) is 6.07 Å². The second kappa shape index (κ2) is 5.92. The van der Waals surface area contributed by atoms with Gasteiger partial charge in [0.1, 0.15) is 11.4 Å². The van der Waals surface area contributed by atoms with Crippen molar-refractivity contribution in [3.63, 3.8) is 0 Å². The molecule has 0 aromatic heterocycles. The van der Waals surface area contributed by atoms with Gasteiger partial charge in [-0.1, -0.05) is 6.07 Å². The molecule has 0 aliphatic carbocycles. The average molecular weight is 294 g/mol. The predicted molar refractivity (Wildman–Crippen MR) is 81.0 cm³/mol. The van der Waals surface area contributed by atoms with Gasteiger partial charge >= 0.3 is 6.09 Å². The van der Waals surface area contributed by atoms with Crippen LogP contribution < -0.4 is 5.32 Å². The van der Waals surface area contributed by atoms with E-state index in [-0.39, 0.29) is 18.0 Å². The predicted octanol–water partition coefficient (Wildman–Crippen LogP) is 3.56. The van der Waals surface area contributed by atoms with Crippen LogP contribution in [0.2, 0.25) is 0 Å². The zero-order valence-electron chi connectivity index (χ0n) is 13.1. The number of amides is 1. The van der Waals surface area contributed by atoms with Crippen LogP contribution in [-0.2, 0) is 4.74 Å². The Morgan fingerprint density at radius 1 is 1.43 bits per heavy atom. The summed E-state index contributed by atoms with van der Waals surface area (Å²) in [5, 5.41) is 3.27. The highest BCUT2D eigenvalue weighted by molar-refractivity contribution is 5.68. The Morgan fingerprint density at radius 2 is 2.14 bits per heavy atom. The summed E-state index contributed by atoms with van der Waals surface area (Å²) in [4.78, 5) is 13.7. The number of nitrogens with one attached hydrogen (secondary N) is 1. The number of rotatable bonds is 2. The third-order valence-electron chi connectivity index (χ3n) is 3.38. The van der Waals surface area contributed by atoms with Crippen molar-refractivity contribution in [3.05, 3.63) is 29.6 Å². The first-order valence-corrected chi connectivity index (χ1v) is 7.25. The van der Waals surface area contributed by atoms with Crippen LogP contribution in [-0.4, -0.2) is 35.7 Å². The molecule has 2 rings (SSSR count). The Hall–Kier alpha value is -1.78. The van der Waals surface area contributed by atoms with Crippen molar-refractivity contribution >= 4 is 11.8 Å². The number of carbonyl (C=O) groups excluding carboxylic acids is 1. The molecule has 116 valence electrons. The quantitative estimate of drug-likeness (QED) is 0.907. The maximum absolute atomic E-state index is 13.5. The summed E-state index contributed by atoms with van der Waals surface area (Å²) in [6.07, 6.45) is 0.538. The highest BCUT2D eigenvalue weighted by Gasteiger charge is 2.29. The normalized spacial score (nSPS) is 18.7. The smallest absolute Gasteiger partial charge is 0.410 e. The van der Waals surface area contributed by atoms with Crippen molar-refractivity contribution in [1.82, 2.24) is 4.90 Å². The number of hydrogen-bond acceptors (Lipinski definition) is 3. The molecule has 1 aromatic carbocycles. The maximum Gasteiger partial charge on any atom is 0.410 e. The minimum atomic E-state index is -0.483. The molecule has 0 saturated carbocycles. The first-order valence-electron chi connectivity index (χ1n) is 7.25. The van der Waals surface area contributed by atoms with E-state index in [0.717, 1.165) is 12.1 Å². The van der Waals surface area contributed by atoms with E-state index < -0.39 is 5.60 Å². The molecule has 5 heteroatoms. The minimum Gasteiger partial charge on any atom is -0.444 e. The van der Waals surface area contributed by atoms with Gasteiger partial charge in [-0.3, -0.25) is 0 Å². The van der Waals surface area contributed by atoms with E-state index in [9.17, 15) is 9.18 Å². The lowest BCUT2D eigenvalue weighted by Gasteiger charge is -2.24. The van der Waals surface area contributed by atoms with Crippen LogP contribution in [0.15, 0.2) is 18.2 Å². The van der Waals surface area contributed by atoms with Crippen molar-refractivity contribution in [3.8, 4) is 0 Å². The monoisotopic (exact) mass is 294 g/mol. The fourth-order valence-corrected chi connectivity index (χ4v) is 2.29. The molecule has 0 bridgehead atoms. The second-order valence-electron chi connectivity index (χ2n) is 6.52. The zero-order chi connectivity index (χ0) is 15.6. The highest BCUT2D eigenvalue weighted by atomic mass is 19.1. The molecule has 0 radical (unpaired) electrons. The van der Waals surface area contributed by atoms with Crippen molar-refractivity contribution in [2.75, 3.05) is 18.4 Å². The Morgan fingerprint density at radius 3 is 2.76 bits per heavy atom. The Labute approximate surface area is 125 Å². The fourth-order valence-electron chi connectivity index (χ4n) is 2.29. The zero-order valence-corrected chi connectivity index (χ0v) is 13.1. The lowest BCUT2D eigenvalue weighted by molar-refractivity contribution is 0.0293. The number of anilines is 1. The number of ether oxygens (including phenoxy) is 1. The van der Waals surface area contributed by atoms with Crippen LogP contribution in [0.1, 0.15) is 32.8 Å². The van der Waals surface area contributed by atoms with Gasteiger partial charge in [-0.25, -0.2) is 9.18 Å². The molecule has 1 heterocycles. The van der Waals surface area contributed by atoms with E-state index in [0.29, 0.717) is 18.7 Å². The molecule has 1 unspecified atom stereocenters. The van der Waals surface area contributed by atoms with Gasteiger partial charge in [0, 0.05) is 24.8 Å². The van der Waals surface area contributed by atoms with Gasteiger partial charge in [-0.2, -0.15) is 0 Å². The van der Waals surface area contributed by atoms with E-state index in [2.05, 4.69) is 5.32 Å². The number of benzene rings is 1. The van der Waals surface area contributed by atoms with Crippen LogP contribution in [0.5, 0.6) is 0 Å². The van der Waals surface area contributed by atoms with Crippen LogP contribution >= 0.6 is 0 Å². The maximum atomic E-state index is 13.5. The number of hydrogen-bond donors (Lipinski definition) is 1. The molecule has 1 atom stereocenters. The third-order valence-corrected chi connectivity index (χ3v) is 3.38. The molecular formula is C16H23FN2O2. The number of halogens is 1. The van der Waals surface area contributed by atoms with E-state index in [1.807, 2.05) is 26.8 Å². The van der Waals surface area contributed by atoms with Crippen LogP contribution in [0.3, 0.4) is 0 Å². The SMILES string of the molecule is Cc1ccc(NC2CCN(C(=O)OC(C)(C)C)C2)cc1F. The number of nitrogens with zero attached hydrogens (tertiary/aromatic N) is 1. The van der Waals surface area contributed by atoms with E-state index >= 15 is 0 Å². The van der Waals surface area contributed by atoms with Gasteiger partial charge in [0.15, 0.2) is 0 Å². The Bertz CT molecular complexity index is 525. The molecular weight excluding hydrogens is 271 g/mol. The van der Waals surface area contributed by atoms with Crippen molar-refractivity contribution < 1.29 is 13.9 Å². The minimum absolute atomic E-state index is 0.125. The summed E-state index contributed by atoms with van der Waals surface area (Å²) in [5.41, 5.74) is 0.888. The number of aryl methyl sites for hydroxylation is 1. The number of carbonyl (C=O) groups is 1. The van der Waals surface area contributed by atoms with Crippen LogP contribution in [0, 0.1) is 12.7 Å². The summed E-state index contributed by atoms with van der Waals surface area (Å²) >= 11 is 0. The molecule has 1 aromatic rings. The Kier molecular flexibility index (Phi) is 4.40. The standard InChI is InChI=1S/C16H23FN2O2/c1-11-5-6-12(9-14(11)17)18-13-7-8-19(10-13)15(20)21-16(2,3)4/h5-6,9,13,18H,7-8,10H2,1-4H3. The molecule has 0 spiro atoms. The van der Waals surface area contributed by atoms with Crippen LogP contribution in [0.4, 0.5) is 14.9 Å². The summed E-state index contributed by atoms with van der Waals surface area (Å²) in [7, 11) is 0. The molecule has 1 fully saturated rings. The van der Waals surface area contributed by atoms with Crippen molar-refractivity contribution in [1.29, 1.82) is 0 Å². The average Bonchev–Trinajstić information content (AvgIpc) is 2.80. The molecule has 4 nitrogen and oxygen atoms in total. The van der Waals surface area contributed by atoms with Gasteiger partial charge in [-0.05, 0) is 51.8 Å². The summed E-state index contributed by atoms with van der Waals surface area (Å²) < 4.78 is 18.9. The van der Waals surface area contributed by atoms with Gasteiger partial charge in [0.05, 0.1) is 0 Å². The molecule has 1 amide bonds. The van der Waals surface area contributed by atoms with Gasteiger partial charge < -0.3 is 15.0 Å². The summed E-state index contributed by atoms with van der Waals surface area (Å²) in [6, 6.07) is 5.22. The second-order valence-corrected chi connectivity index (χ2v) is 6.52. The summed E-state index contributed by atoms with van der Waals surface area (Å²) in [5.74, 6) is -0.220. The highest BCUT2D eigenvalue weighted by Crippen LogP contribution is 2.20. The van der Waals surface area contributed by atoms with Crippen molar-refractivity contribution in [2.45, 2.75) is 45.8 Å². The van der Waals surface area contributed by atoms with Gasteiger partial charge in [0.25, 0.3) is 0 Å². The van der Waals surface area contributed by atoms with Gasteiger partial charge in [-0.15, -0.1) is 0 Å². The topological polar surface area (TPSA) is 41.6 Å². The molecule has 1 N–H and O–H groups in total. The Balaban J connectivity index is 1.90. The first-order chi connectivity index (χ1) is 9.74. The van der Waals surface area contributed by atoms with E-state index in [4.69, 9.17) is 4.74 Å². The lowest BCUT2D eigenvalue weighted by atomic mass is 10.2. The molecule has 1 aliphatic heterocycles. The van der Waals surface area contributed by atoms with E-state index in [1.54, 1.807) is 17.9 Å². The summed E-state index contributed by atoms with van der Waals surface area (Å²) in [6.45, 7) is 8.52. The van der Waals surface area contributed by atoms with Crippen molar-refractivity contribution in [2.24, 2.45) is 0 Å². The third kappa shape index (κ3) is 4.34. The van der Waals surface area contributed by atoms with Gasteiger partial charge in [0.2, 0.25) is 0 Å². The molecule has 21 heavy (non-hydrogen) atoms. The molecule has 1 saturated heterocycles. The lowest BCUT2D eigenvalue weighted by Crippen LogP contribution is -2.36.